The summed E-state index contributed by atoms with van der Waals surface area (Å²) in [5, 5.41) is 13.6. The number of nitrogens with one attached hydrogen (secondary N) is 1. The van der Waals surface area contributed by atoms with Crippen molar-refractivity contribution in [2.45, 2.75) is 19.4 Å². The minimum Gasteiger partial charge on any atom is -0.385 e. The van der Waals surface area contributed by atoms with Crippen LogP contribution in [0.4, 0.5) is 15.8 Å². The zero-order valence-corrected chi connectivity index (χ0v) is 9.77. The van der Waals surface area contributed by atoms with Crippen LogP contribution < -0.4 is 5.32 Å². The van der Waals surface area contributed by atoms with E-state index in [0.717, 1.165) is 6.07 Å². The molecule has 6 heteroatoms. The Bertz CT molecular complexity index is 398. The lowest BCUT2D eigenvalue weighted by Crippen LogP contribution is -2.18. The smallest absolute Gasteiger partial charge is 0.327 e. The maximum atomic E-state index is 13.3. The Labute approximate surface area is 98.7 Å². The summed E-state index contributed by atoms with van der Waals surface area (Å²) in [6.45, 7) is 2.39. The standard InChI is InChI=1S/C11H15FN2O3/c1-8(6-7-17-2)13-10-5-3-4-9(12)11(10)14(15)16/h3-5,8,13H,6-7H2,1-2H3. The van der Waals surface area contributed by atoms with Crippen molar-refractivity contribution < 1.29 is 14.1 Å². The first-order valence-electron chi connectivity index (χ1n) is 5.24. The molecule has 0 amide bonds. The number of nitro groups is 1. The predicted octanol–water partition coefficient (Wildman–Crippen LogP) is 2.57. The fraction of sp³-hybridized carbons (Fsp3) is 0.455. The van der Waals surface area contributed by atoms with Crippen LogP contribution in [-0.2, 0) is 4.74 Å². The Morgan fingerprint density at radius 2 is 2.29 bits per heavy atom. The third-order valence-electron chi connectivity index (χ3n) is 2.33. The molecule has 0 fully saturated rings. The van der Waals surface area contributed by atoms with Crippen LogP contribution in [-0.4, -0.2) is 24.7 Å². The molecule has 0 spiro atoms. The van der Waals surface area contributed by atoms with Crippen LogP contribution >= 0.6 is 0 Å². The molecule has 94 valence electrons. The van der Waals surface area contributed by atoms with Gasteiger partial charge in [0.05, 0.1) is 4.92 Å². The van der Waals surface area contributed by atoms with Crippen LogP contribution in [0.3, 0.4) is 0 Å². The van der Waals surface area contributed by atoms with Crippen molar-refractivity contribution in [3.63, 3.8) is 0 Å². The largest absolute Gasteiger partial charge is 0.385 e. The van der Waals surface area contributed by atoms with Gasteiger partial charge in [0.15, 0.2) is 0 Å². The lowest BCUT2D eigenvalue weighted by molar-refractivity contribution is -0.386. The van der Waals surface area contributed by atoms with Crippen molar-refractivity contribution in [3.05, 3.63) is 34.1 Å². The zero-order valence-electron chi connectivity index (χ0n) is 9.77. The number of hydrogen-bond acceptors (Lipinski definition) is 4. The Morgan fingerprint density at radius 3 is 2.88 bits per heavy atom. The van der Waals surface area contributed by atoms with Gasteiger partial charge in [0.1, 0.15) is 5.69 Å². The van der Waals surface area contributed by atoms with Crippen molar-refractivity contribution in [1.29, 1.82) is 0 Å². The molecular formula is C11H15FN2O3. The monoisotopic (exact) mass is 242 g/mol. The molecule has 0 bridgehead atoms. The number of para-hydroxylation sites is 1. The molecule has 0 radical (unpaired) electrons. The van der Waals surface area contributed by atoms with Crippen LogP contribution in [0.15, 0.2) is 18.2 Å². The predicted molar refractivity (Wildman–Crippen MR) is 62.6 cm³/mol. The minimum atomic E-state index is -0.834. The van der Waals surface area contributed by atoms with Gasteiger partial charge in [-0.3, -0.25) is 10.1 Å². The number of benzene rings is 1. The minimum absolute atomic E-state index is 0.0320. The van der Waals surface area contributed by atoms with E-state index < -0.39 is 16.4 Å². The fourth-order valence-corrected chi connectivity index (χ4v) is 1.45. The van der Waals surface area contributed by atoms with Gasteiger partial charge in [-0.25, -0.2) is 0 Å². The van der Waals surface area contributed by atoms with E-state index in [4.69, 9.17) is 4.74 Å². The third-order valence-corrected chi connectivity index (χ3v) is 2.33. The molecule has 0 aliphatic heterocycles. The second-order valence-electron chi connectivity index (χ2n) is 3.72. The molecular weight excluding hydrogens is 227 g/mol. The Hall–Kier alpha value is -1.69. The third kappa shape index (κ3) is 3.67. The van der Waals surface area contributed by atoms with Crippen molar-refractivity contribution in [3.8, 4) is 0 Å². The number of anilines is 1. The molecule has 0 aliphatic carbocycles. The summed E-state index contributed by atoms with van der Waals surface area (Å²) < 4.78 is 18.2. The van der Waals surface area contributed by atoms with Gasteiger partial charge in [-0.1, -0.05) is 6.07 Å². The van der Waals surface area contributed by atoms with E-state index in [1.165, 1.54) is 12.1 Å². The Balaban J connectivity index is 2.83. The number of ether oxygens (including phenoxy) is 1. The molecule has 1 N–H and O–H groups in total. The average molecular weight is 242 g/mol. The zero-order chi connectivity index (χ0) is 12.8. The van der Waals surface area contributed by atoms with E-state index in [-0.39, 0.29) is 11.7 Å². The van der Waals surface area contributed by atoms with E-state index in [9.17, 15) is 14.5 Å². The maximum absolute atomic E-state index is 13.3. The fourth-order valence-electron chi connectivity index (χ4n) is 1.45. The quantitative estimate of drug-likeness (QED) is 0.615. The summed E-state index contributed by atoms with van der Waals surface area (Å²) >= 11 is 0. The van der Waals surface area contributed by atoms with Crippen LogP contribution in [0.5, 0.6) is 0 Å². The summed E-state index contributed by atoms with van der Waals surface area (Å²) in [6.07, 6.45) is 0.685. The van der Waals surface area contributed by atoms with Gasteiger partial charge in [-0.05, 0) is 25.5 Å². The van der Waals surface area contributed by atoms with Crippen LogP contribution in [0, 0.1) is 15.9 Å². The summed E-state index contributed by atoms with van der Waals surface area (Å²) in [7, 11) is 1.58. The molecule has 1 aromatic rings. The SMILES string of the molecule is COCCC(C)Nc1cccc(F)c1[N+](=O)[O-]. The number of rotatable bonds is 6. The van der Waals surface area contributed by atoms with Crippen LogP contribution in [0.25, 0.3) is 0 Å². The first kappa shape index (κ1) is 13.4. The van der Waals surface area contributed by atoms with Crippen LogP contribution in [0.2, 0.25) is 0 Å². The molecule has 1 unspecified atom stereocenters. The highest BCUT2D eigenvalue weighted by Gasteiger charge is 2.20. The highest BCUT2D eigenvalue weighted by atomic mass is 19.1. The summed E-state index contributed by atoms with van der Waals surface area (Å²) in [4.78, 5) is 10.0. The molecule has 1 atom stereocenters. The lowest BCUT2D eigenvalue weighted by atomic mass is 10.2. The maximum Gasteiger partial charge on any atom is 0.327 e. The molecule has 0 saturated heterocycles. The molecule has 1 aromatic carbocycles. The van der Waals surface area contributed by atoms with E-state index in [0.29, 0.717) is 13.0 Å². The number of nitrogens with zero attached hydrogens (tertiary/aromatic N) is 1. The molecule has 0 saturated carbocycles. The second-order valence-corrected chi connectivity index (χ2v) is 3.72. The molecule has 1 rings (SSSR count). The van der Waals surface area contributed by atoms with Gasteiger partial charge in [-0.15, -0.1) is 0 Å². The number of nitro benzene ring substituents is 1. The van der Waals surface area contributed by atoms with E-state index in [2.05, 4.69) is 5.32 Å². The lowest BCUT2D eigenvalue weighted by Gasteiger charge is -2.14. The van der Waals surface area contributed by atoms with E-state index in [1.807, 2.05) is 6.92 Å². The molecule has 17 heavy (non-hydrogen) atoms. The van der Waals surface area contributed by atoms with Crippen molar-refractivity contribution in [1.82, 2.24) is 0 Å². The Morgan fingerprint density at radius 1 is 1.59 bits per heavy atom. The molecule has 0 heterocycles. The van der Waals surface area contributed by atoms with Crippen molar-refractivity contribution in [2.24, 2.45) is 0 Å². The number of methoxy groups -OCH3 is 1. The van der Waals surface area contributed by atoms with Crippen LogP contribution in [0.1, 0.15) is 13.3 Å². The number of halogens is 1. The van der Waals surface area contributed by atoms with Gasteiger partial charge >= 0.3 is 5.69 Å². The topological polar surface area (TPSA) is 64.4 Å². The van der Waals surface area contributed by atoms with E-state index >= 15 is 0 Å². The highest BCUT2D eigenvalue weighted by Crippen LogP contribution is 2.27. The molecule has 0 aliphatic rings. The summed E-state index contributed by atoms with van der Waals surface area (Å²) in [5.74, 6) is -0.834. The second kappa shape index (κ2) is 6.15. The summed E-state index contributed by atoms with van der Waals surface area (Å²) in [5.41, 5.74) is -0.324. The van der Waals surface area contributed by atoms with Gasteiger partial charge < -0.3 is 10.1 Å². The first-order chi connectivity index (χ1) is 8.06. The Kier molecular flexibility index (Phi) is 4.84. The first-order valence-corrected chi connectivity index (χ1v) is 5.24. The molecule has 5 nitrogen and oxygen atoms in total. The van der Waals surface area contributed by atoms with Crippen molar-refractivity contribution in [2.75, 3.05) is 19.0 Å². The van der Waals surface area contributed by atoms with E-state index in [1.54, 1.807) is 7.11 Å². The molecule has 0 aromatic heterocycles. The highest BCUT2D eigenvalue weighted by molar-refractivity contribution is 5.62. The normalized spacial score (nSPS) is 12.2. The van der Waals surface area contributed by atoms with Gasteiger partial charge in [0, 0.05) is 19.8 Å². The van der Waals surface area contributed by atoms with Gasteiger partial charge in [0.25, 0.3) is 0 Å². The van der Waals surface area contributed by atoms with Crippen molar-refractivity contribution >= 4 is 11.4 Å². The number of hydrogen-bond donors (Lipinski definition) is 1. The summed E-state index contributed by atoms with van der Waals surface area (Å²) in [6, 6.07) is 3.97. The van der Waals surface area contributed by atoms with Gasteiger partial charge in [0.2, 0.25) is 5.82 Å². The average Bonchev–Trinajstić information content (AvgIpc) is 2.25. The van der Waals surface area contributed by atoms with Gasteiger partial charge in [-0.2, -0.15) is 4.39 Å².